The molecule has 104 valence electrons. The fraction of sp³-hybridized carbons (Fsp3) is 0.286. The second-order valence-corrected chi connectivity index (χ2v) is 6.02. The van der Waals surface area contributed by atoms with Crippen molar-refractivity contribution in [3.8, 4) is 11.3 Å². The average molecular weight is 290 g/mol. The van der Waals surface area contributed by atoms with E-state index >= 15 is 0 Å². The zero-order valence-electron chi connectivity index (χ0n) is 10.9. The molecule has 1 aromatic carbocycles. The Hall–Kier alpha value is -1.79. The molecule has 0 radical (unpaired) electrons. The van der Waals surface area contributed by atoms with Crippen molar-refractivity contribution in [3.63, 3.8) is 0 Å². The topological polar surface area (TPSA) is 64.4 Å². The maximum atomic E-state index is 10.9. The highest BCUT2D eigenvalue weighted by atomic mass is 32.2. The molecule has 2 aromatic rings. The second kappa shape index (κ2) is 5.30. The summed E-state index contributed by atoms with van der Waals surface area (Å²) in [5, 5.41) is 13.5. The summed E-state index contributed by atoms with van der Waals surface area (Å²) in [5.41, 5.74) is 1.82. The molecule has 2 heterocycles. The van der Waals surface area contributed by atoms with Gasteiger partial charge >= 0.3 is 5.97 Å². The third-order valence-electron chi connectivity index (χ3n) is 3.16. The van der Waals surface area contributed by atoms with E-state index in [1.165, 1.54) is 4.90 Å². The van der Waals surface area contributed by atoms with Crippen LogP contribution in [-0.4, -0.2) is 39.3 Å². The van der Waals surface area contributed by atoms with Gasteiger partial charge < -0.3 is 9.84 Å². The Kier molecular flexibility index (Phi) is 3.50. The first-order valence-electron chi connectivity index (χ1n) is 6.25. The Morgan fingerprint density at radius 1 is 1.40 bits per heavy atom. The number of carboxylic acid groups (broad SMARTS) is 1. The van der Waals surface area contributed by atoms with Crippen molar-refractivity contribution in [3.05, 3.63) is 36.0 Å². The van der Waals surface area contributed by atoms with Crippen molar-refractivity contribution < 1.29 is 14.6 Å². The van der Waals surface area contributed by atoms with Crippen LogP contribution in [0.3, 0.4) is 0 Å². The predicted molar refractivity (Wildman–Crippen MR) is 76.1 cm³/mol. The normalized spacial score (nSPS) is 15.1. The lowest BCUT2D eigenvalue weighted by Crippen LogP contribution is -2.29. The third kappa shape index (κ3) is 2.57. The quantitative estimate of drug-likeness (QED) is 0.936. The smallest absolute Gasteiger partial charge is 0.356 e. The maximum absolute atomic E-state index is 10.9. The van der Waals surface area contributed by atoms with Crippen LogP contribution < -0.4 is 0 Å². The molecule has 0 aliphatic carbocycles. The van der Waals surface area contributed by atoms with Crippen molar-refractivity contribution in [2.24, 2.45) is 7.05 Å². The number of aryl methyl sites for hydroxylation is 1. The molecule has 3 rings (SSSR count). The highest BCUT2D eigenvalue weighted by Gasteiger charge is 2.19. The highest BCUT2D eigenvalue weighted by Crippen LogP contribution is 2.30. The lowest BCUT2D eigenvalue weighted by Gasteiger charge is -2.25. The van der Waals surface area contributed by atoms with Crippen LogP contribution in [0.4, 0.5) is 0 Å². The first-order chi connectivity index (χ1) is 9.63. The maximum Gasteiger partial charge on any atom is 0.356 e. The summed E-state index contributed by atoms with van der Waals surface area (Å²) in [6, 6.07) is 9.66. The van der Waals surface area contributed by atoms with Crippen LogP contribution in [-0.2, 0) is 11.8 Å². The van der Waals surface area contributed by atoms with E-state index in [4.69, 9.17) is 9.84 Å². The van der Waals surface area contributed by atoms with E-state index in [0.29, 0.717) is 5.25 Å². The van der Waals surface area contributed by atoms with E-state index in [2.05, 4.69) is 5.10 Å². The third-order valence-corrected chi connectivity index (χ3v) is 4.31. The highest BCUT2D eigenvalue weighted by molar-refractivity contribution is 8.00. The summed E-state index contributed by atoms with van der Waals surface area (Å²) in [7, 11) is 1.75. The number of carbonyl (C=O) groups is 1. The number of aromatic carboxylic acids is 1. The summed E-state index contributed by atoms with van der Waals surface area (Å²) >= 11 is 1.81. The van der Waals surface area contributed by atoms with Gasteiger partial charge in [-0.15, -0.1) is 11.8 Å². The molecule has 1 N–H and O–H groups in total. The van der Waals surface area contributed by atoms with Gasteiger partial charge in [0, 0.05) is 11.9 Å². The van der Waals surface area contributed by atoms with Gasteiger partial charge in [-0.25, -0.2) is 4.79 Å². The molecule has 0 amide bonds. The molecule has 1 aromatic heterocycles. The average Bonchev–Trinajstić information content (AvgIpc) is 2.77. The molecule has 1 fully saturated rings. The van der Waals surface area contributed by atoms with E-state index in [-0.39, 0.29) is 5.69 Å². The fourth-order valence-electron chi connectivity index (χ4n) is 2.02. The van der Waals surface area contributed by atoms with Crippen molar-refractivity contribution >= 4 is 17.7 Å². The molecular formula is C14H14N2O3S. The Bertz CT molecular complexity index is 632. The van der Waals surface area contributed by atoms with E-state index < -0.39 is 5.97 Å². The van der Waals surface area contributed by atoms with Gasteiger partial charge in [-0.1, -0.05) is 12.1 Å². The Morgan fingerprint density at radius 2 is 2.10 bits per heavy atom. The van der Waals surface area contributed by atoms with Gasteiger partial charge in [0.25, 0.3) is 0 Å². The molecule has 20 heavy (non-hydrogen) atoms. The molecular weight excluding hydrogens is 276 g/mol. The number of carboxylic acids is 1. The first-order valence-corrected chi connectivity index (χ1v) is 7.13. The molecule has 1 saturated heterocycles. The van der Waals surface area contributed by atoms with E-state index in [1.807, 2.05) is 36.0 Å². The van der Waals surface area contributed by atoms with Crippen LogP contribution in [0.5, 0.6) is 0 Å². The number of nitrogens with zero attached hydrogens (tertiary/aromatic N) is 2. The predicted octanol–water partition coefficient (Wildman–Crippen LogP) is 2.28. The Balaban J connectivity index is 1.81. The molecule has 0 saturated carbocycles. The van der Waals surface area contributed by atoms with Crippen LogP contribution in [0.1, 0.15) is 10.5 Å². The van der Waals surface area contributed by atoms with Crippen molar-refractivity contribution in [1.29, 1.82) is 0 Å². The summed E-state index contributed by atoms with van der Waals surface area (Å²) < 4.78 is 6.74. The van der Waals surface area contributed by atoms with E-state index in [9.17, 15) is 4.79 Å². The number of hydrogen-bond donors (Lipinski definition) is 1. The van der Waals surface area contributed by atoms with Gasteiger partial charge in [0.15, 0.2) is 5.69 Å². The van der Waals surface area contributed by atoms with Crippen molar-refractivity contribution in [2.45, 2.75) is 10.1 Å². The largest absolute Gasteiger partial charge is 0.476 e. The molecule has 1 aliphatic rings. The van der Waals surface area contributed by atoms with Gasteiger partial charge in [0.05, 0.1) is 24.2 Å². The van der Waals surface area contributed by atoms with Crippen LogP contribution in [0.2, 0.25) is 0 Å². The fourth-order valence-corrected chi connectivity index (χ4v) is 3.03. The van der Waals surface area contributed by atoms with Gasteiger partial charge in [-0.2, -0.15) is 5.10 Å². The van der Waals surface area contributed by atoms with E-state index in [0.717, 1.165) is 24.5 Å². The molecule has 0 atom stereocenters. The van der Waals surface area contributed by atoms with E-state index in [1.54, 1.807) is 17.8 Å². The van der Waals surface area contributed by atoms with Crippen LogP contribution >= 0.6 is 11.8 Å². The number of rotatable bonds is 4. The minimum absolute atomic E-state index is 0.0626. The number of ether oxygens (including phenoxy) is 1. The van der Waals surface area contributed by atoms with Gasteiger partial charge in [-0.05, 0) is 23.8 Å². The Morgan fingerprint density at radius 3 is 2.60 bits per heavy atom. The van der Waals surface area contributed by atoms with Crippen molar-refractivity contribution in [1.82, 2.24) is 9.78 Å². The van der Waals surface area contributed by atoms with Crippen LogP contribution in [0.15, 0.2) is 35.2 Å². The standard InChI is InChI=1S/C14H14N2O3S/c1-16-13(6-12(15-16)14(17)18)9-2-4-10(5-3-9)20-11-7-19-8-11/h2-6,11H,7-8H2,1H3,(H,17,18). The first kappa shape index (κ1) is 13.2. The lowest BCUT2D eigenvalue weighted by atomic mass is 10.1. The molecule has 1 aliphatic heterocycles. The van der Waals surface area contributed by atoms with Gasteiger partial charge in [0.1, 0.15) is 0 Å². The SMILES string of the molecule is Cn1nc(C(=O)O)cc1-c1ccc(SC2COC2)cc1. The summed E-state index contributed by atoms with van der Waals surface area (Å²) in [4.78, 5) is 12.1. The minimum atomic E-state index is -1.01. The number of benzene rings is 1. The lowest BCUT2D eigenvalue weighted by molar-refractivity contribution is 0.0455. The van der Waals surface area contributed by atoms with Crippen LogP contribution in [0, 0.1) is 0 Å². The Labute approximate surface area is 120 Å². The van der Waals surface area contributed by atoms with Crippen LogP contribution in [0.25, 0.3) is 11.3 Å². The molecule has 6 heteroatoms. The molecule has 5 nitrogen and oxygen atoms in total. The minimum Gasteiger partial charge on any atom is -0.476 e. The second-order valence-electron chi connectivity index (χ2n) is 4.65. The number of aromatic nitrogens is 2. The molecule has 0 unspecified atom stereocenters. The number of hydrogen-bond acceptors (Lipinski definition) is 4. The van der Waals surface area contributed by atoms with Gasteiger partial charge in [-0.3, -0.25) is 4.68 Å². The summed E-state index contributed by atoms with van der Waals surface area (Å²) in [6.07, 6.45) is 0. The molecule has 0 spiro atoms. The monoisotopic (exact) mass is 290 g/mol. The van der Waals surface area contributed by atoms with Crippen molar-refractivity contribution in [2.75, 3.05) is 13.2 Å². The number of thioether (sulfide) groups is 1. The molecule has 0 bridgehead atoms. The zero-order valence-corrected chi connectivity index (χ0v) is 11.8. The zero-order chi connectivity index (χ0) is 14.1. The van der Waals surface area contributed by atoms with Gasteiger partial charge in [0.2, 0.25) is 0 Å². The summed E-state index contributed by atoms with van der Waals surface area (Å²) in [6.45, 7) is 1.63. The summed E-state index contributed by atoms with van der Waals surface area (Å²) in [5.74, 6) is -1.01.